The lowest BCUT2D eigenvalue weighted by molar-refractivity contribution is 0.0990. The van der Waals surface area contributed by atoms with Crippen molar-refractivity contribution in [2.75, 3.05) is 16.8 Å². The van der Waals surface area contributed by atoms with E-state index >= 15 is 4.79 Å². The molecule has 1 amide bonds. The Balaban J connectivity index is 1.23. The number of nitrogens with one attached hydrogen (secondary N) is 1. The van der Waals surface area contributed by atoms with E-state index in [1.807, 2.05) is 134 Å². The van der Waals surface area contributed by atoms with E-state index in [0.717, 1.165) is 53.5 Å². The van der Waals surface area contributed by atoms with Crippen LogP contribution in [0.4, 0.5) is 17.1 Å². The number of hydrogen-bond acceptors (Lipinski definition) is 11. The number of anilines is 3. The van der Waals surface area contributed by atoms with E-state index in [1.54, 1.807) is 12.1 Å². The summed E-state index contributed by atoms with van der Waals surface area (Å²) in [5.74, 6) is -0.986. The molecule has 1 aliphatic heterocycles. The standard InChI is InChI=1S/C56H60N2O10P2/c1-42(2)20-17-21-43(3)22-18-23-44(4)34-35-58-51-36-49(67-69(61,63-38-45-24-9-5-10-25-45)64-39-46-26-11-6-12-27-46)37-52(59)55(51)57-54-50(56(58)60)32-19-33-53(54)68-70(62,65-40-47-28-13-7-14-29-47)66-41-48-30-15-8-16-31-48/h5-16,19-20,22,24-34,36-37,57,59H,17-18,21,23,35,38-41H2,1-4H3/b43-22+,44-34+. The van der Waals surface area contributed by atoms with E-state index < -0.39 is 21.6 Å². The summed E-state index contributed by atoms with van der Waals surface area (Å²) in [6, 6.07) is 44.2. The second-order valence-corrected chi connectivity index (χ2v) is 20.3. The molecule has 0 aliphatic carbocycles. The summed E-state index contributed by atoms with van der Waals surface area (Å²) < 4.78 is 65.4. The lowest BCUT2D eigenvalue weighted by Gasteiger charge is -2.24. The van der Waals surface area contributed by atoms with E-state index in [9.17, 15) is 14.2 Å². The highest BCUT2D eigenvalue weighted by atomic mass is 31.2. The van der Waals surface area contributed by atoms with Crippen molar-refractivity contribution in [2.24, 2.45) is 0 Å². The lowest BCUT2D eigenvalue weighted by Crippen LogP contribution is -2.30. The third kappa shape index (κ3) is 15.0. The highest BCUT2D eigenvalue weighted by Gasteiger charge is 2.36. The van der Waals surface area contributed by atoms with Crippen molar-refractivity contribution in [3.63, 3.8) is 0 Å². The van der Waals surface area contributed by atoms with Crippen LogP contribution in [-0.2, 0) is 53.7 Å². The Bertz CT molecular complexity index is 2780. The molecule has 1 heterocycles. The first-order valence-electron chi connectivity index (χ1n) is 23.2. The zero-order chi connectivity index (χ0) is 49.4. The van der Waals surface area contributed by atoms with Gasteiger partial charge in [0.05, 0.1) is 43.4 Å². The van der Waals surface area contributed by atoms with Crippen molar-refractivity contribution >= 4 is 38.6 Å². The minimum absolute atomic E-state index is 0.0329. The van der Waals surface area contributed by atoms with Gasteiger partial charge < -0.3 is 24.4 Å². The van der Waals surface area contributed by atoms with Crippen molar-refractivity contribution in [1.82, 2.24) is 0 Å². The molecule has 0 unspecified atom stereocenters. The summed E-state index contributed by atoms with van der Waals surface area (Å²) >= 11 is 0. The predicted octanol–water partition coefficient (Wildman–Crippen LogP) is 15.4. The van der Waals surface area contributed by atoms with Gasteiger partial charge in [0.25, 0.3) is 5.91 Å². The van der Waals surface area contributed by atoms with E-state index in [4.69, 9.17) is 27.1 Å². The van der Waals surface area contributed by atoms with Crippen LogP contribution in [0.3, 0.4) is 0 Å². The summed E-state index contributed by atoms with van der Waals surface area (Å²) in [5, 5.41) is 15.2. The maximum atomic E-state index is 15.1. The molecule has 6 aromatic rings. The molecule has 7 rings (SSSR count). The molecule has 12 nitrogen and oxygen atoms in total. The molecule has 0 saturated carbocycles. The van der Waals surface area contributed by atoms with E-state index in [0.29, 0.717) is 0 Å². The van der Waals surface area contributed by atoms with Gasteiger partial charge >= 0.3 is 15.6 Å². The number of fused-ring (bicyclic) bond motifs is 2. The van der Waals surface area contributed by atoms with Crippen LogP contribution in [0.1, 0.15) is 86.0 Å². The first-order valence-corrected chi connectivity index (χ1v) is 26.1. The Kier molecular flexibility index (Phi) is 18.3. The molecule has 0 aromatic heterocycles. The predicted molar refractivity (Wildman–Crippen MR) is 276 cm³/mol. The van der Waals surface area contributed by atoms with Crippen molar-refractivity contribution in [3.8, 4) is 17.2 Å². The molecule has 0 spiro atoms. The highest BCUT2D eigenvalue weighted by Crippen LogP contribution is 2.56. The van der Waals surface area contributed by atoms with Gasteiger partial charge in [-0.3, -0.25) is 22.9 Å². The summed E-state index contributed by atoms with van der Waals surface area (Å²) in [5.41, 5.74) is 7.08. The van der Waals surface area contributed by atoms with Gasteiger partial charge in [-0.25, -0.2) is 9.13 Å². The first kappa shape index (κ1) is 51.4. The van der Waals surface area contributed by atoms with Crippen LogP contribution >= 0.6 is 15.6 Å². The third-order valence-corrected chi connectivity index (χ3v) is 13.8. The summed E-state index contributed by atoms with van der Waals surface area (Å²) in [7, 11) is -8.85. The van der Waals surface area contributed by atoms with Crippen molar-refractivity contribution < 1.29 is 46.2 Å². The van der Waals surface area contributed by atoms with Gasteiger partial charge in [-0.2, -0.15) is 0 Å². The largest absolute Gasteiger partial charge is 0.530 e. The fourth-order valence-corrected chi connectivity index (χ4v) is 9.73. The average molecular weight is 983 g/mol. The molecule has 70 heavy (non-hydrogen) atoms. The Morgan fingerprint density at radius 3 is 1.50 bits per heavy atom. The molecule has 364 valence electrons. The van der Waals surface area contributed by atoms with Crippen LogP contribution in [0.25, 0.3) is 0 Å². The number of nitrogens with zero attached hydrogens (tertiary/aromatic N) is 1. The van der Waals surface area contributed by atoms with Gasteiger partial charge in [0.1, 0.15) is 17.2 Å². The average Bonchev–Trinajstić information content (AvgIpc) is 3.48. The van der Waals surface area contributed by atoms with Gasteiger partial charge in [0.2, 0.25) is 0 Å². The van der Waals surface area contributed by atoms with Gasteiger partial charge in [-0.1, -0.05) is 162 Å². The van der Waals surface area contributed by atoms with Gasteiger partial charge in [0.15, 0.2) is 5.75 Å². The fraction of sp³-hybridized carbons (Fsp3) is 0.232. The summed E-state index contributed by atoms with van der Waals surface area (Å²) in [6.45, 7) is 8.03. The number of hydrogen-bond donors (Lipinski definition) is 2. The van der Waals surface area contributed by atoms with E-state index in [2.05, 4.69) is 38.2 Å². The molecule has 1 aliphatic rings. The minimum atomic E-state index is -4.43. The quantitative estimate of drug-likeness (QED) is 0.0340. The first-order chi connectivity index (χ1) is 33.8. The second kappa shape index (κ2) is 24.9. The van der Waals surface area contributed by atoms with Crippen LogP contribution in [0.2, 0.25) is 0 Å². The van der Waals surface area contributed by atoms with Crippen LogP contribution in [0.15, 0.2) is 187 Å². The van der Waals surface area contributed by atoms with Crippen molar-refractivity contribution in [1.29, 1.82) is 0 Å². The molecule has 6 aromatic carbocycles. The maximum Gasteiger partial charge on any atom is 0.530 e. The summed E-state index contributed by atoms with van der Waals surface area (Å²) in [4.78, 5) is 16.5. The number of carbonyl (C=O) groups is 1. The Morgan fingerprint density at radius 2 is 1.01 bits per heavy atom. The molecule has 0 atom stereocenters. The number of amides is 1. The molecular formula is C56H60N2O10P2. The molecular weight excluding hydrogens is 923 g/mol. The fourth-order valence-electron chi connectivity index (χ4n) is 7.38. The molecule has 14 heteroatoms. The molecule has 2 N–H and O–H groups in total. The number of phenols is 1. The topological polar surface area (TPSA) is 142 Å². The lowest BCUT2D eigenvalue weighted by atomic mass is 10.1. The maximum absolute atomic E-state index is 15.1. The third-order valence-electron chi connectivity index (χ3n) is 11.2. The van der Waals surface area contributed by atoms with Crippen LogP contribution in [0, 0.1) is 0 Å². The van der Waals surface area contributed by atoms with Crippen molar-refractivity contribution in [3.05, 3.63) is 214 Å². The molecule has 0 saturated heterocycles. The number of rotatable bonds is 24. The molecule has 0 radical (unpaired) electrons. The SMILES string of the molecule is CC(C)=CCC/C(C)=C/CC/C(C)=C/CN1C(=O)c2cccc(OP(=O)(OCc3ccccc3)OCc3ccccc3)c2Nc2c(O)cc(OP(=O)(OCc3ccccc3)OCc3ccccc3)cc21. The van der Waals surface area contributed by atoms with Gasteiger partial charge in [-0.05, 0) is 87.8 Å². The number of phosphoric ester groups is 2. The zero-order valence-corrected chi connectivity index (χ0v) is 41.8. The minimum Gasteiger partial charge on any atom is -0.506 e. The number of aromatic hydroxyl groups is 1. The molecule has 0 bridgehead atoms. The number of benzene rings is 6. The Hall–Kier alpha value is -6.49. The number of carbonyl (C=O) groups excluding carboxylic acids is 1. The molecule has 0 fully saturated rings. The Labute approximate surface area is 411 Å². The zero-order valence-electron chi connectivity index (χ0n) is 40.0. The van der Waals surface area contributed by atoms with E-state index in [-0.39, 0.29) is 72.8 Å². The number of phenolic OH excluding ortho intramolecular Hbond substituents is 1. The van der Waals surface area contributed by atoms with Crippen molar-refractivity contribution in [2.45, 2.75) is 79.8 Å². The number of para-hydroxylation sites is 1. The second-order valence-electron chi connectivity index (χ2n) is 17.1. The highest BCUT2D eigenvalue weighted by molar-refractivity contribution is 7.49. The van der Waals surface area contributed by atoms with Gasteiger partial charge in [-0.15, -0.1) is 0 Å². The van der Waals surface area contributed by atoms with E-state index in [1.165, 1.54) is 34.2 Å². The Morgan fingerprint density at radius 1 is 0.557 bits per heavy atom. The van der Waals surface area contributed by atoms with Crippen LogP contribution in [-0.4, -0.2) is 17.6 Å². The number of allylic oxidation sites excluding steroid dienone is 5. The van der Waals surface area contributed by atoms with Crippen LogP contribution in [0.5, 0.6) is 17.2 Å². The normalized spacial score (nSPS) is 12.9. The van der Waals surface area contributed by atoms with Gasteiger partial charge in [0, 0.05) is 18.7 Å². The number of phosphoric acid groups is 2. The van der Waals surface area contributed by atoms with Crippen LogP contribution < -0.4 is 19.3 Å². The monoisotopic (exact) mass is 982 g/mol. The summed E-state index contributed by atoms with van der Waals surface area (Å²) in [6.07, 6.45) is 9.98. The smallest absolute Gasteiger partial charge is 0.506 e.